The number of carbonyl (C=O) groups excluding carboxylic acids is 2. The van der Waals surface area contributed by atoms with E-state index in [0.717, 1.165) is 0 Å². The van der Waals surface area contributed by atoms with Gasteiger partial charge in [-0.05, 0) is 12.8 Å². The summed E-state index contributed by atoms with van der Waals surface area (Å²) >= 11 is 0. The smallest absolute Gasteiger partial charge is 0.323 e. The summed E-state index contributed by atoms with van der Waals surface area (Å²) in [5.74, 6) is -0.987. The Morgan fingerprint density at radius 1 is 1.07 bits per heavy atom. The SMILES string of the molecule is COC(=O)C1(C(=O)OC)CC2(COC2)C1. The summed E-state index contributed by atoms with van der Waals surface area (Å²) in [6.07, 6.45) is 0.971. The standard InChI is InChI=1S/C10H14O5/c1-13-7(11)10(8(12)14-2)3-9(4-10)5-15-6-9/h3-6H2,1-2H3. The van der Waals surface area contributed by atoms with Gasteiger partial charge in [0.2, 0.25) is 0 Å². The molecule has 2 fully saturated rings. The molecule has 5 heteroatoms. The number of ether oxygens (including phenoxy) is 3. The van der Waals surface area contributed by atoms with E-state index in [1.54, 1.807) is 0 Å². The summed E-state index contributed by atoms with van der Waals surface area (Å²) in [6.45, 7) is 1.26. The van der Waals surface area contributed by atoms with Gasteiger partial charge >= 0.3 is 11.9 Å². The minimum absolute atomic E-state index is 0.0162. The van der Waals surface area contributed by atoms with Crippen molar-refractivity contribution in [1.82, 2.24) is 0 Å². The number of hydrogen-bond acceptors (Lipinski definition) is 5. The van der Waals surface area contributed by atoms with Gasteiger partial charge in [0.05, 0.1) is 27.4 Å². The van der Waals surface area contributed by atoms with Crippen LogP contribution in [0.25, 0.3) is 0 Å². The molecule has 0 aromatic rings. The van der Waals surface area contributed by atoms with Gasteiger partial charge in [-0.15, -0.1) is 0 Å². The second-order valence-electron chi connectivity index (χ2n) is 4.41. The first-order valence-electron chi connectivity index (χ1n) is 4.83. The zero-order valence-electron chi connectivity index (χ0n) is 8.87. The molecule has 84 valence electrons. The van der Waals surface area contributed by atoms with Crippen LogP contribution in [0.15, 0.2) is 0 Å². The fraction of sp³-hybridized carbons (Fsp3) is 0.800. The summed E-state index contributed by atoms with van der Waals surface area (Å²) < 4.78 is 14.4. The Balaban J connectivity index is 2.13. The van der Waals surface area contributed by atoms with E-state index in [9.17, 15) is 9.59 Å². The fourth-order valence-electron chi connectivity index (χ4n) is 2.59. The van der Waals surface area contributed by atoms with E-state index in [-0.39, 0.29) is 5.41 Å². The van der Waals surface area contributed by atoms with Crippen LogP contribution >= 0.6 is 0 Å². The molecule has 2 rings (SSSR count). The first-order chi connectivity index (χ1) is 7.08. The lowest BCUT2D eigenvalue weighted by Gasteiger charge is -2.56. The highest BCUT2D eigenvalue weighted by Gasteiger charge is 2.67. The summed E-state index contributed by atoms with van der Waals surface area (Å²) in [7, 11) is 2.57. The lowest BCUT2D eigenvalue weighted by Crippen LogP contribution is -2.63. The molecule has 0 bridgehead atoms. The van der Waals surface area contributed by atoms with E-state index in [1.165, 1.54) is 14.2 Å². The number of rotatable bonds is 2. The van der Waals surface area contributed by atoms with Crippen molar-refractivity contribution in [2.75, 3.05) is 27.4 Å². The summed E-state index contributed by atoms with van der Waals surface area (Å²) in [6, 6.07) is 0. The third kappa shape index (κ3) is 1.26. The third-order valence-electron chi connectivity index (χ3n) is 3.32. The molecule has 0 amide bonds. The van der Waals surface area contributed by atoms with E-state index in [0.29, 0.717) is 26.1 Å². The first kappa shape index (κ1) is 10.4. The molecule has 0 radical (unpaired) electrons. The molecule has 1 aliphatic heterocycles. The van der Waals surface area contributed by atoms with Gasteiger partial charge in [0, 0.05) is 5.41 Å². The predicted octanol–water partition coefficient (Wildman–Crippen LogP) is 0.129. The van der Waals surface area contributed by atoms with E-state index in [4.69, 9.17) is 4.74 Å². The van der Waals surface area contributed by atoms with Crippen molar-refractivity contribution in [3.05, 3.63) is 0 Å². The van der Waals surface area contributed by atoms with Gasteiger partial charge in [-0.1, -0.05) is 0 Å². The Bertz CT molecular complexity index is 279. The van der Waals surface area contributed by atoms with Gasteiger partial charge in [-0.2, -0.15) is 0 Å². The summed E-state index contributed by atoms with van der Waals surface area (Å²) in [5, 5.41) is 0. The van der Waals surface area contributed by atoms with E-state index in [2.05, 4.69) is 9.47 Å². The average molecular weight is 214 g/mol. The summed E-state index contributed by atoms with van der Waals surface area (Å²) in [5.41, 5.74) is -1.06. The lowest BCUT2D eigenvalue weighted by molar-refractivity contribution is -0.228. The highest BCUT2D eigenvalue weighted by Crippen LogP contribution is 2.59. The third-order valence-corrected chi connectivity index (χ3v) is 3.32. The van der Waals surface area contributed by atoms with Gasteiger partial charge in [-0.25, -0.2) is 0 Å². The highest BCUT2D eigenvalue weighted by molar-refractivity contribution is 6.01. The predicted molar refractivity (Wildman–Crippen MR) is 49.0 cm³/mol. The Hall–Kier alpha value is -1.10. The van der Waals surface area contributed by atoms with Gasteiger partial charge in [-0.3, -0.25) is 9.59 Å². The zero-order valence-corrected chi connectivity index (χ0v) is 8.87. The van der Waals surface area contributed by atoms with Crippen molar-refractivity contribution < 1.29 is 23.8 Å². The Kier molecular flexibility index (Phi) is 2.22. The molecule has 1 aliphatic carbocycles. The molecule has 0 aromatic carbocycles. The maximum absolute atomic E-state index is 11.6. The van der Waals surface area contributed by atoms with Crippen LogP contribution in [-0.4, -0.2) is 39.4 Å². The van der Waals surface area contributed by atoms with Crippen LogP contribution in [0.3, 0.4) is 0 Å². The minimum atomic E-state index is -1.08. The number of hydrogen-bond donors (Lipinski definition) is 0. The molecule has 0 aromatic heterocycles. The Morgan fingerprint density at radius 2 is 1.53 bits per heavy atom. The zero-order chi connectivity index (χ0) is 11.1. The van der Waals surface area contributed by atoms with Crippen molar-refractivity contribution in [3.63, 3.8) is 0 Å². The highest BCUT2D eigenvalue weighted by atomic mass is 16.5. The molecule has 5 nitrogen and oxygen atoms in total. The molecule has 1 saturated carbocycles. The van der Waals surface area contributed by atoms with Gasteiger partial charge < -0.3 is 14.2 Å². The van der Waals surface area contributed by atoms with Gasteiger partial charge in [0.1, 0.15) is 0 Å². The molecule has 1 spiro atoms. The molecular weight excluding hydrogens is 200 g/mol. The number of methoxy groups -OCH3 is 2. The van der Waals surface area contributed by atoms with Crippen LogP contribution < -0.4 is 0 Å². The van der Waals surface area contributed by atoms with Crippen molar-refractivity contribution in [1.29, 1.82) is 0 Å². The van der Waals surface area contributed by atoms with Crippen LogP contribution in [0.1, 0.15) is 12.8 Å². The fourth-order valence-corrected chi connectivity index (χ4v) is 2.59. The molecule has 1 heterocycles. The van der Waals surface area contributed by atoms with E-state index in [1.807, 2.05) is 0 Å². The second-order valence-corrected chi connectivity index (χ2v) is 4.41. The quantitative estimate of drug-likeness (QED) is 0.483. The Labute approximate surface area is 87.7 Å². The minimum Gasteiger partial charge on any atom is -0.468 e. The average Bonchev–Trinajstić information content (AvgIpc) is 2.13. The van der Waals surface area contributed by atoms with Crippen LogP contribution in [0, 0.1) is 10.8 Å². The van der Waals surface area contributed by atoms with Crippen molar-refractivity contribution in [2.24, 2.45) is 10.8 Å². The number of carbonyl (C=O) groups is 2. The molecule has 0 atom stereocenters. The van der Waals surface area contributed by atoms with Gasteiger partial charge in [0.15, 0.2) is 5.41 Å². The van der Waals surface area contributed by atoms with Crippen LogP contribution in [-0.2, 0) is 23.8 Å². The van der Waals surface area contributed by atoms with Crippen molar-refractivity contribution in [2.45, 2.75) is 12.8 Å². The van der Waals surface area contributed by atoms with Crippen LogP contribution in [0.2, 0.25) is 0 Å². The largest absolute Gasteiger partial charge is 0.468 e. The van der Waals surface area contributed by atoms with Crippen molar-refractivity contribution in [3.8, 4) is 0 Å². The maximum atomic E-state index is 11.6. The molecular formula is C10H14O5. The number of esters is 2. The van der Waals surface area contributed by atoms with Crippen molar-refractivity contribution >= 4 is 11.9 Å². The maximum Gasteiger partial charge on any atom is 0.323 e. The monoisotopic (exact) mass is 214 g/mol. The molecule has 0 N–H and O–H groups in total. The van der Waals surface area contributed by atoms with E-state index < -0.39 is 17.4 Å². The molecule has 15 heavy (non-hydrogen) atoms. The lowest BCUT2D eigenvalue weighted by atomic mass is 9.51. The Morgan fingerprint density at radius 3 is 1.80 bits per heavy atom. The molecule has 2 aliphatic rings. The van der Waals surface area contributed by atoms with Gasteiger partial charge in [0.25, 0.3) is 0 Å². The topological polar surface area (TPSA) is 61.8 Å². The summed E-state index contributed by atoms with van der Waals surface area (Å²) in [4.78, 5) is 23.2. The normalized spacial score (nSPS) is 24.9. The van der Waals surface area contributed by atoms with Crippen LogP contribution in [0.4, 0.5) is 0 Å². The second kappa shape index (κ2) is 3.20. The van der Waals surface area contributed by atoms with Crippen LogP contribution in [0.5, 0.6) is 0 Å². The van der Waals surface area contributed by atoms with E-state index >= 15 is 0 Å². The first-order valence-corrected chi connectivity index (χ1v) is 4.83. The molecule has 1 saturated heterocycles. The molecule has 0 unspecified atom stereocenters.